The molecule has 17 heavy (non-hydrogen) atoms. The van der Waals surface area contributed by atoms with Crippen molar-refractivity contribution in [1.82, 2.24) is 4.90 Å². The molecule has 0 radical (unpaired) electrons. The summed E-state index contributed by atoms with van der Waals surface area (Å²) in [5.41, 5.74) is 0.726. The third-order valence-corrected chi connectivity index (χ3v) is 2.82. The molecule has 96 valence electrons. The van der Waals surface area contributed by atoms with Crippen molar-refractivity contribution in [3.8, 4) is 5.75 Å². The highest BCUT2D eigenvalue weighted by molar-refractivity contribution is 6.32. The van der Waals surface area contributed by atoms with Gasteiger partial charge in [-0.25, -0.2) is 0 Å². The summed E-state index contributed by atoms with van der Waals surface area (Å²) in [4.78, 5) is 1.96. The number of aliphatic hydroxyl groups excluding tert-OH is 2. The molecule has 0 atom stereocenters. The first-order valence-electron chi connectivity index (χ1n) is 5.59. The molecule has 0 fully saturated rings. The Bertz CT molecular complexity index is 347. The fourth-order valence-corrected chi connectivity index (χ4v) is 1.83. The van der Waals surface area contributed by atoms with Gasteiger partial charge in [0.15, 0.2) is 0 Å². The standard InChI is InChI=1S/C12H18ClNO3/c13-11-4-1-3-10(12(11)17)9-14(6-8-16)5-2-7-15/h1,3-4,15-17H,2,5-9H2. The lowest BCUT2D eigenvalue weighted by atomic mass is 10.2. The summed E-state index contributed by atoms with van der Waals surface area (Å²) in [5, 5.41) is 27.8. The van der Waals surface area contributed by atoms with Gasteiger partial charge in [0.1, 0.15) is 5.75 Å². The Hall–Kier alpha value is -0.810. The van der Waals surface area contributed by atoms with Gasteiger partial charge in [-0.1, -0.05) is 23.7 Å². The number of nitrogens with zero attached hydrogens (tertiary/aromatic N) is 1. The van der Waals surface area contributed by atoms with Crippen LogP contribution in [0.5, 0.6) is 5.75 Å². The maximum Gasteiger partial charge on any atom is 0.138 e. The summed E-state index contributed by atoms with van der Waals surface area (Å²) < 4.78 is 0. The van der Waals surface area contributed by atoms with Crippen molar-refractivity contribution in [3.63, 3.8) is 0 Å². The Balaban J connectivity index is 2.67. The molecule has 0 aliphatic carbocycles. The molecule has 1 aromatic rings. The van der Waals surface area contributed by atoms with E-state index in [-0.39, 0.29) is 19.0 Å². The van der Waals surface area contributed by atoms with E-state index in [0.717, 1.165) is 5.56 Å². The second-order valence-electron chi connectivity index (χ2n) is 3.82. The molecule has 0 spiro atoms. The molecule has 0 aliphatic rings. The first kappa shape index (κ1) is 14.3. The zero-order valence-electron chi connectivity index (χ0n) is 9.64. The van der Waals surface area contributed by atoms with Gasteiger partial charge < -0.3 is 15.3 Å². The number of aromatic hydroxyl groups is 1. The van der Waals surface area contributed by atoms with Crippen LogP contribution in [0.15, 0.2) is 18.2 Å². The normalized spacial score (nSPS) is 11.1. The van der Waals surface area contributed by atoms with Crippen LogP contribution in [0, 0.1) is 0 Å². The number of halogens is 1. The molecule has 3 N–H and O–H groups in total. The molecule has 0 aromatic heterocycles. The monoisotopic (exact) mass is 259 g/mol. The molecule has 0 saturated heterocycles. The van der Waals surface area contributed by atoms with E-state index < -0.39 is 0 Å². The van der Waals surface area contributed by atoms with Gasteiger partial charge in [-0.15, -0.1) is 0 Å². The van der Waals surface area contributed by atoms with Gasteiger partial charge in [0.2, 0.25) is 0 Å². The largest absolute Gasteiger partial charge is 0.506 e. The summed E-state index contributed by atoms with van der Waals surface area (Å²) in [6, 6.07) is 5.20. The third-order valence-electron chi connectivity index (χ3n) is 2.51. The first-order chi connectivity index (χ1) is 8.19. The molecule has 0 amide bonds. The van der Waals surface area contributed by atoms with Crippen LogP contribution in [-0.2, 0) is 6.54 Å². The number of benzene rings is 1. The zero-order valence-corrected chi connectivity index (χ0v) is 10.4. The van der Waals surface area contributed by atoms with E-state index in [4.69, 9.17) is 21.8 Å². The molecule has 5 heteroatoms. The van der Waals surface area contributed by atoms with Crippen LogP contribution in [0.3, 0.4) is 0 Å². The predicted molar refractivity (Wildman–Crippen MR) is 67.2 cm³/mol. The van der Waals surface area contributed by atoms with Crippen LogP contribution in [-0.4, -0.2) is 46.5 Å². The summed E-state index contributed by atoms with van der Waals surface area (Å²) in [7, 11) is 0. The van der Waals surface area contributed by atoms with Crippen LogP contribution in [0.2, 0.25) is 5.02 Å². The van der Waals surface area contributed by atoms with Crippen LogP contribution >= 0.6 is 11.6 Å². The summed E-state index contributed by atoms with van der Waals surface area (Å²) >= 11 is 5.82. The summed E-state index contributed by atoms with van der Waals surface area (Å²) in [6.45, 7) is 1.85. The first-order valence-corrected chi connectivity index (χ1v) is 5.97. The molecule has 0 saturated carbocycles. The Labute approximate surface area is 106 Å². The summed E-state index contributed by atoms with van der Waals surface area (Å²) in [6.07, 6.45) is 0.640. The van der Waals surface area contributed by atoms with E-state index in [2.05, 4.69) is 0 Å². The molecule has 1 aromatic carbocycles. The number of para-hydroxylation sites is 1. The second-order valence-corrected chi connectivity index (χ2v) is 4.23. The van der Waals surface area contributed by atoms with Crippen molar-refractivity contribution < 1.29 is 15.3 Å². The molecule has 0 heterocycles. The maximum atomic E-state index is 9.77. The van der Waals surface area contributed by atoms with Crippen molar-refractivity contribution in [1.29, 1.82) is 0 Å². The highest BCUT2D eigenvalue weighted by Gasteiger charge is 2.10. The Morgan fingerprint density at radius 3 is 2.53 bits per heavy atom. The summed E-state index contributed by atoms with van der Waals surface area (Å²) in [5.74, 6) is 0.0844. The molecule has 0 unspecified atom stereocenters. The minimum absolute atomic E-state index is 0.0484. The van der Waals surface area contributed by atoms with Crippen molar-refractivity contribution in [2.75, 3.05) is 26.3 Å². The van der Waals surface area contributed by atoms with Crippen molar-refractivity contribution in [2.45, 2.75) is 13.0 Å². The molecule has 1 rings (SSSR count). The van der Waals surface area contributed by atoms with Gasteiger partial charge in [0.25, 0.3) is 0 Å². The Morgan fingerprint density at radius 1 is 1.12 bits per heavy atom. The van der Waals surface area contributed by atoms with E-state index >= 15 is 0 Å². The van der Waals surface area contributed by atoms with Crippen LogP contribution < -0.4 is 0 Å². The van der Waals surface area contributed by atoms with Crippen LogP contribution in [0.4, 0.5) is 0 Å². The number of phenols is 1. The van der Waals surface area contributed by atoms with Crippen LogP contribution in [0.1, 0.15) is 12.0 Å². The van der Waals surface area contributed by atoms with Gasteiger partial charge in [0, 0.05) is 31.8 Å². The highest BCUT2D eigenvalue weighted by Crippen LogP contribution is 2.27. The molecular weight excluding hydrogens is 242 g/mol. The second kappa shape index (κ2) is 7.50. The van der Waals surface area contributed by atoms with E-state index in [1.54, 1.807) is 18.2 Å². The molecular formula is C12H18ClNO3. The molecule has 0 aliphatic heterocycles. The number of rotatable bonds is 7. The number of hydrogen-bond donors (Lipinski definition) is 3. The zero-order chi connectivity index (χ0) is 12.7. The van der Waals surface area contributed by atoms with Crippen molar-refractivity contribution in [2.24, 2.45) is 0 Å². The quantitative estimate of drug-likeness (QED) is 0.689. The maximum absolute atomic E-state index is 9.77. The van der Waals surface area contributed by atoms with Gasteiger partial charge in [-0.05, 0) is 12.5 Å². The fourth-order valence-electron chi connectivity index (χ4n) is 1.63. The average molecular weight is 260 g/mol. The van der Waals surface area contributed by atoms with Gasteiger partial charge in [0.05, 0.1) is 11.6 Å². The van der Waals surface area contributed by atoms with E-state index in [1.807, 2.05) is 4.90 Å². The lowest BCUT2D eigenvalue weighted by Gasteiger charge is -2.21. The van der Waals surface area contributed by atoms with Crippen LogP contribution in [0.25, 0.3) is 0 Å². The lowest BCUT2D eigenvalue weighted by Crippen LogP contribution is -2.28. The minimum atomic E-state index is 0.0484. The van der Waals surface area contributed by atoms with Gasteiger partial charge >= 0.3 is 0 Å². The average Bonchev–Trinajstić information content (AvgIpc) is 2.32. The molecule has 4 nitrogen and oxygen atoms in total. The Morgan fingerprint density at radius 2 is 1.88 bits per heavy atom. The molecule has 0 bridgehead atoms. The highest BCUT2D eigenvalue weighted by atomic mass is 35.5. The third kappa shape index (κ3) is 4.52. The van der Waals surface area contributed by atoms with Crippen molar-refractivity contribution in [3.05, 3.63) is 28.8 Å². The van der Waals surface area contributed by atoms with E-state index in [1.165, 1.54) is 0 Å². The Kier molecular flexibility index (Phi) is 6.29. The number of hydrogen-bond acceptors (Lipinski definition) is 4. The predicted octanol–water partition coefficient (Wildman–Crippen LogP) is 1.22. The minimum Gasteiger partial charge on any atom is -0.506 e. The number of aliphatic hydroxyl groups is 2. The lowest BCUT2D eigenvalue weighted by molar-refractivity contribution is 0.173. The van der Waals surface area contributed by atoms with Crippen molar-refractivity contribution >= 4 is 11.6 Å². The fraction of sp³-hybridized carbons (Fsp3) is 0.500. The topological polar surface area (TPSA) is 63.9 Å². The van der Waals surface area contributed by atoms with E-state index in [9.17, 15) is 5.11 Å². The number of phenolic OH excluding ortho intramolecular Hbond substituents is 1. The smallest absolute Gasteiger partial charge is 0.138 e. The SMILES string of the molecule is OCCCN(CCO)Cc1cccc(Cl)c1O. The van der Waals surface area contributed by atoms with Gasteiger partial charge in [-0.2, -0.15) is 0 Å². The van der Waals surface area contributed by atoms with E-state index in [0.29, 0.717) is 31.1 Å². The van der Waals surface area contributed by atoms with Gasteiger partial charge in [-0.3, -0.25) is 4.90 Å².